The normalized spacial score (nSPS) is 10.6. The van der Waals surface area contributed by atoms with E-state index < -0.39 is 11.5 Å². The van der Waals surface area contributed by atoms with Gasteiger partial charge in [-0.3, -0.25) is 4.79 Å². The van der Waals surface area contributed by atoms with Crippen molar-refractivity contribution < 1.29 is 9.90 Å². The minimum absolute atomic E-state index is 0.189. The van der Waals surface area contributed by atoms with Crippen molar-refractivity contribution in [2.24, 2.45) is 0 Å². The van der Waals surface area contributed by atoms with Crippen LogP contribution < -0.4 is 5.56 Å². The molecule has 3 aromatic carbocycles. The molecule has 0 amide bonds. The lowest BCUT2D eigenvalue weighted by Crippen LogP contribution is -2.30. The number of benzene rings is 3. The summed E-state index contributed by atoms with van der Waals surface area (Å²) in [6, 6.07) is 27.7. The lowest BCUT2D eigenvalue weighted by molar-refractivity contribution is 0.0694. The molecule has 1 N–H and O–H groups in total. The Hall–Kier alpha value is -3.99. The molecule has 0 aliphatic heterocycles. The molecule has 0 atom stereocenters. The van der Waals surface area contributed by atoms with Crippen molar-refractivity contribution in [2.75, 3.05) is 0 Å². The molecule has 0 radical (unpaired) electrons. The van der Waals surface area contributed by atoms with Gasteiger partial charge in [-0.2, -0.15) is 5.10 Å². The van der Waals surface area contributed by atoms with E-state index >= 15 is 0 Å². The summed E-state index contributed by atoms with van der Waals surface area (Å²) in [5.74, 6) is -1.27. The zero-order chi connectivity index (χ0) is 20.2. The molecule has 0 aliphatic rings. The van der Waals surface area contributed by atoms with Crippen LogP contribution in [0.4, 0.5) is 0 Å². The van der Waals surface area contributed by atoms with Gasteiger partial charge in [0.15, 0.2) is 0 Å². The third-order valence-electron chi connectivity index (χ3n) is 4.65. The summed E-state index contributed by atoms with van der Waals surface area (Å²) in [7, 11) is 0. The number of carboxylic acid groups (broad SMARTS) is 1. The van der Waals surface area contributed by atoms with Crippen molar-refractivity contribution in [1.82, 2.24) is 9.78 Å². The van der Waals surface area contributed by atoms with Crippen LogP contribution in [0.25, 0.3) is 22.4 Å². The minimum Gasteiger partial charge on any atom is -0.477 e. The minimum atomic E-state index is -1.27. The zero-order valence-corrected chi connectivity index (χ0v) is 15.5. The van der Waals surface area contributed by atoms with Crippen LogP contribution in [0.5, 0.6) is 0 Å². The molecule has 1 heterocycles. The molecule has 4 rings (SSSR count). The Morgan fingerprint density at radius 1 is 0.793 bits per heavy atom. The molecule has 5 heteroatoms. The maximum absolute atomic E-state index is 13.1. The number of hydrogen-bond acceptors (Lipinski definition) is 3. The zero-order valence-electron chi connectivity index (χ0n) is 15.5. The first-order chi connectivity index (χ1) is 14.1. The molecule has 0 saturated carbocycles. The van der Waals surface area contributed by atoms with Crippen molar-refractivity contribution in [1.29, 1.82) is 0 Å². The number of aromatic nitrogens is 2. The Balaban J connectivity index is 2.03. The standard InChI is InChI=1S/C24H18N2O3/c27-23-21(24(28)29)20(18-12-6-2-7-13-18)22(19-14-8-3-9-15-19)25-26(23)16-17-10-4-1-5-11-17/h1-15H,16H2,(H,28,29). The largest absolute Gasteiger partial charge is 0.477 e. The van der Waals surface area contributed by atoms with E-state index in [2.05, 4.69) is 5.10 Å². The third-order valence-corrected chi connectivity index (χ3v) is 4.65. The third kappa shape index (κ3) is 3.71. The van der Waals surface area contributed by atoms with E-state index in [4.69, 9.17) is 0 Å². The molecule has 0 saturated heterocycles. The van der Waals surface area contributed by atoms with Crippen LogP contribution in [0.2, 0.25) is 0 Å². The highest BCUT2D eigenvalue weighted by Gasteiger charge is 2.24. The molecule has 0 bridgehead atoms. The van der Waals surface area contributed by atoms with Gasteiger partial charge in [-0.05, 0) is 11.1 Å². The van der Waals surface area contributed by atoms with Gasteiger partial charge in [0.05, 0.1) is 12.2 Å². The van der Waals surface area contributed by atoms with Crippen LogP contribution in [0.3, 0.4) is 0 Å². The molecular weight excluding hydrogens is 364 g/mol. The van der Waals surface area contributed by atoms with Gasteiger partial charge < -0.3 is 5.11 Å². The van der Waals surface area contributed by atoms with Gasteiger partial charge in [-0.25, -0.2) is 9.48 Å². The van der Waals surface area contributed by atoms with Crippen molar-refractivity contribution >= 4 is 5.97 Å². The quantitative estimate of drug-likeness (QED) is 0.558. The second-order valence-corrected chi connectivity index (χ2v) is 6.58. The highest BCUT2D eigenvalue weighted by Crippen LogP contribution is 2.32. The number of carboxylic acids is 1. The van der Waals surface area contributed by atoms with E-state index in [0.717, 1.165) is 11.1 Å². The SMILES string of the molecule is O=C(O)c1c(-c2ccccc2)c(-c2ccccc2)nn(Cc2ccccc2)c1=O. The van der Waals surface area contributed by atoms with Crippen LogP contribution in [0.1, 0.15) is 15.9 Å². The monoisotopic (exact) mass is 382 g/mol. The number of nitrogens with zero attached hydrogens (tertiary/aromatic N) is 2. The summed E-state index contributed by atoms with van der Waals surface area (Å²) in [4.78, 5) is 25.3. The average molecular weight is 382 g/mol. The lowest BCUT2D eigenvalue weighted by atomic mass is 9.95. The highest BCUT2D eigenvalue weighted by atomic mass is 16.4. The maximum Gasteiger partial charge on any atom is 0.342 e. The van der Waals surface area contributed by atoms with Crippen molar-refractivity contribution in [3.63, 3.8) is 0 Å². The van der Waals surface area contributed by atoms with Gasteiger partial charge in [0.1, 0.15) is 5.56 Å². The maximum atomic E-state index is 13.1. The molecule has 29 heavy (non-hydrogen) atoms. The predicted molar refractivity (Wildman–Crippen MR) is 112 cm³/mol. The molecule has 0 fully saturated rings. The molecule has 4 aromatic rings. The smallest absolute Gasteiger partial charge is 0.342 e. The van der Waals surface area contributed by atoms with Gasteiger partial charge in [0.2, 0.25) is 0 Å². The first kappa shape index (κ1) is 18.4. The summed E-state index contributed by atoms with van der Waals surface area (Å²) in [6.07, 6.45) is 0. The Bertz CT molecular complexity index is 1200. The van der Waals surface area contributed by atoms with Crippen LogP contribution in [-0.2, 0) is 6.54 Å². The topological polar surface area (TPSA) is 72.2 Å². The predicted octanol–water partition coefficient (Wildman–Crippen LogP) is 4.32. The summed E-state index contributed by atoms with van der Waals surface area (Å²) in [5.41, 5.74) is 2.14. The molecule has 0 spiro atoms. The molecule has 0 unspecified atom stereocenters. The van der Waals surface area contributed by atoms with E-state index in [-0.39, 0.29) is 12.1 Å². The van der Waals surface area contributed by atoms with E-state index in [9.17, 15) is 14.7 Å². The van der Waals surface area contributed by atoms with Gasteiger partial charge >= 0.3 is 5.97 Å². The van der Waals surface area contributed by atoms with Gasteiger partial charge in [-0.15, -0.1) is 0 Å². The fourth-order valence-corrected chi connectivity index (χ4v) is 3.32. The molecule has 5 nitrogen and oxygen atoms in total. The molecule has 142 valence electrons. The Kier molecular flexibility index (Phi) is 5.03. The fourth-order valence-electron chi connectivity index (χ4n) is 3.32. The number of aromatic carboxylic acids is 1. The van der Waals surface area contributed by atoms with Crippen LogP contribution in [0, 0.1) is 0 Å². The summed E-state index contributed by atoms with van der Waals surface area (Å²) in [6.45, 7) is 0.189. The highest BCUT2D eigenvalue weighted by molar-refractivity contribution is 5.99. The van der Waals surface area contributed by atoms with Crippen molar-refractivity contribution in [2.45, 2.75) is 6.54 Å². The molecule has 1 aromatic heterocycles. The Morgan fingerprint density at radius 2 is 1.31 bits per heavy atom. The number of hydrogen-bond donors (Lipinski definition) is 1. The number of rotatable bonds is 5. The van der Waals surface area contributed by atoms with Crippen LogP contribution >= 0.6 is 0 Å². The molecule has 0 aliphatic carbocycles. The summed E-state index contributed by atoms with van der Waals surface area (Å²) in [5, 5.41) is 14.5. The van der Waals surface area contributed by atoms with Crippen LogP contribution in [0.15, 0.2) is 95.8 Å². The summed E-state index contributed by atoms with van der Waals surface area (Å²) < 4.78 is 1.23. The van der Waals surface area contributed by atoms with Crippen LogP contribution in [-0.4, -0.2) is 20.9 Å². The Morgan fingerprint density at radius 3 is 1.86 bits per heavy atom. The Labute approximate surface area is 167 Å². The lowest BCUT2D eigenvalue weighted by Gasteiger charge is -2.15. The van der Waals surface area contributed by atoms with E-state index in [0.29, 0.717) is 16.8 Å². The van der Waals surface area contributed by atoms with Gasteiger partial charge in [-0.1, -0.05) is 91.0 Å². The average Bonchev–Trinajstić information content (AvgIpc) is 2.76. The van der Waals surface area contributed by atoms with Crippen molar-refractivity contribution in [3.05, 3.63) is 112 Å². The molecular formula is C24H18N2O3. The van der Waals surface area contributed by atoms with E-state index in [1.54, 1.807) is 12.1 Å². The van der Waals surface area contributed by atoms with E-state index in [1.807, 2.05) is 78.9 Å². The summed E-state index contributed by atoms with van der Waals surface area (Å²) >= 11 is 0. The first-order valence-electron chi connectivity index (χ1n) is 9.18. The fraction of sp³-hybridized carbons (Fsp3) is 0.0417. The first-order valence-corrected chi connectivity index (χ1v) is 9.18. The van der Waals surface area contributed by atoms with Gasteiger partial charge in [0, 0.05) is 11.1 Å². The second kappa shape index (κ2) is 7.94. The van der Waals surface area contributed by atoms with Crippen molar-refractivity contribution in [3.8, 4) is 22.4 Å². The van der Waals surface area contributed by atoms with E-state index in [1.165, 1.54) is 4.68 Å². The second-order valence-electron chi connectivity index (χ2n) is 6.58. The number of carbonyl (C=O) groups is 1. The van der Waals surface area contributed by atoms with Gasteiger partial charge in [0.25, 0.3) is 5.56 Å².